The Labute approximate surface area is 51.8 Å². The molecule has 8 heavy (non-hydrogen) atoms. The molecule has 0 fully saturated rings. The van der Waals surface area contributed by atoms with Crippen LogP contribution in [0.2, 0.25) is 0 Å². The Balaban J connectivity index is 3.03. The molecule has 1 N–H and O–H groups in total. The molecule has 48 valence electrons. The van der Waals surface area contributed by atoms with Crippen molar-refractivity contribution in [2.45, 2.75) is 13.3 Å². The minimum absolute atomic E-state index is 0.734. The highest BCUT2D eigenvalue weighted by Crippen LogP contribution is 1.98. The van der Waals surface area contributed by atoms with Gasteiger partial charge in [0.25, 0.3) is 0 Å². The van der Waals surface area contributed by atoms with Gasteiger partial charge in [-0.25, -0.2) is 0 Å². The summed E-state index contributed by atoms with van der Waals surface area (Å²) in [4.78, 5) is 0. The van der Waals surface area contributed by atoms with Gasteiger partial charge in [-0.1, -0.05) is 13.0 Å². The molecule has 0 rings (SSSR count). The van der Waals surface area contributed by atoms with E-state index in [0.717, 1.165) is 18.9 Å². The molecule has 1 heteroatoms. The SMILES string of the molecule is C=CCC(C)CNC. The van der Waals surface area contributed by atoms with Gasteiger partial charge in [-0.2, -0.15) is 0 Å². The van der Waals surface area contributed by atoms with Crippen molar-refractivity contribution in [1.29, 1.82) is 0 Å². The Hall–Kier alpha value is -0.300. The van der Waals surface area contributed by atoms with Crippen LogP contribution >= 0.6 is 0 Å². The zero-order valence-electron chi connectivity index (χ0n) is 5.78. The van der Waals surface area contributed by atoms with Gasteiger partial charge in [-0.05, 0) is 25.9 Å². The Morgan fingerprint density at radius 2 is 2.38 bits per heavy atom. The lowest BCUT2D eigenvalue weighted by atomic mass is 10.1. The second-order valence-electron chi connectivity index (χ2n) is 2.19. The van der Waals surface area contributed by atoms with Gasteiger partial charge in [-0.15, -0.1) is 6.58 Å². The number of allylic oxidation sites excluding steroid dienone is 1. The normalized spacial score (nSPS) is 13.2. The van der Waals surface area contributed by atoms with Gasteiger partial charge in [0, 0.05) is 0 Å². The van der Waals surface area contributed by atoms with Crippen LogP contribution in [0.25, 0.3) is 0 Å². The van der Waals surface area contributed by atoms with Crippen molar-refractivity contribution in [3.8, 4) is 0 Å². The zero-order valence-corrected chi connectivity index (χ0v) is 5.78. The number of hydrogen-bond acceptors (Lipinski definition) is 1. The summed E-state index contributed by atoms with van der Waals surface area (Å²) in [6, 6.07) is 0. The first kappa shape index (κ1) is 7.70. The molecule has 0 amide bonds. The first-order chi connectivity index (χ1) is 3.81. The van der Waals surface area contributed by atoms with E-state index in [1.807, 2.05) is 13.1 Å². The molecule has 0 heterocycles. The van der Waals surface area contributed by atoms with E-state index in [0.29, 0.717) is 0 Å². The lowest BCUT2D eigenvalue weighted by Gasteiger charge is -2.04. The highest BCUT2D eigenvalue weighted by atomic mass is 14.8. The third kappa shape index (κ3) is 3.88. The maximum atomic E-state index is 3.66. The fourth-order valence-electron chi connectivity index (χ4n) is 0.716. The number of nitrogens with one attached hydrogen (secondary N) is 1. The van der Waals surface area contributed by atoms with E-state index in [1.54, 1.807) is 0 Å². The van der Waals surface area contributed by atoms with Crippen molar-refractivity contribution in [2.24, 2.45) is 5.92 Å². The Kier molecular flexibility index (Phi) is 4.67. The first-order valence-electron chi connectivity index (χ1n) is 3.06. The van der Waals surface area contributed by atoms with Crippen LogP contribution in [0.15, 0.2) is 12.7 Å². The average Bonchev–Trinajstić information content (AvgIpc) is 1.68. The molecule has 0 saturated heterocycles. The van der Waals surface area contributed by atoms with Gasteiger partial charge < -0.3 is 5.32 Å². The Morgan fingerprint density at radius 1 is 1.75 bits per heavy atom. The zero-order chi connectivity index (χ0) is 6.41. The van der Waals surface area contributed by atoms with E-state index < -0.39 is 0 Å². The lowest BCUT2D eigenvalue weighted by molar-refractivity contribution is 0.552. The van der Waals surface area contributed by atoms with Crippen LogP contribution in [0.5, 0.6) is 0 Å². The predicted molar refractivity (Wildman–Crippen MR) is 37.9 cm³/mol. The fraction of sp³-hybridized carbons (Fsp3) is 0.714. The molecule has 0 aromatic rings. The van der Waals surface area contributed by atoms with Crippen LogP contribution < -0.4 is 5.32 Å². The summed E-state index contributed by atoms with van der Waals surface area (Å²) in [6.07, 6.45) is 3.07. The maximum Gasteiger partial charge on any atom is -0.00232 e. The minimum atomic E-state index is 0.734. The molecule has 0 aliphatic heterocycles. The van der Waals surface area contributed by atoms with Gasteiger partial charge in [0.05, 0.1) is 0 Å². The van der Waals surface area contributed by atoms with Gasteiger partial charge in [-0.3, -0.25) is 0 Å². The van der Waals surface area contributed by atoms with Gasteiger partial charge >= 0.3 is 0 Å². The number of hydrogen-bond donors (Lipinski definition) is 1. The molecule has 0 aliphatic rings. The standard InChI is InChI=1S/C7H15N/c1-4-5-7(2)6-8-3/h4,7-8H,1,5-6H2,2-3H3. The summed E-state index contributed by atoms with van der Waals surface area (Å²) < 4.78 is 0. The third-order valence-electron chi connectivity index (χ3n) is 1.12. The quantitative estimate of drug-likeness (QED) is 0.544. The van der Waals surface area contributed by atoms with Gasteiger partial charge in [0.1, 0.15) is 0 Å². The summed E-state index contributed by atoms with van der Waals surface area (Å²) in [5.41, 5.74) is 0. The van der Waals surface area contributed by atoms with Crippen LogP contribution in [0.4, 0.5) is 0 Å². The van der Waals surface area contributed by atoms with E-state index in [9.17, 15) is 0 Å². The summed E-state index contributed by atoms with van der Waals surface area (Å²) in [5.74, 6) is 0.734. The molecule has 0 spiro atoms. The molecule has 0 radical (unpaired) electrons. The minimum Gasteiger partial charge on any atom is -0.319 e. The average molecular weight is 113 g/mol. The third-order valence-corrected chi connectivity index (χ3v) is 1.12. The van der Waals surface area contributed by atoms with E-state index in [-0.39, 0.29) is 0 Å². The Morgan fingerprint density at radius 3 is 2.75 bits per heavy atom. The molecular formula is C7H15N. The van der Waals surface area contributed by atoms with Gasteiger partial charge in [0.15, 0.2) is 0 Å². The van der Waals surface area contributed by atoms with Crippen LogP contribution in [0.3, 0.4) is 0 Å². The summed E-state index contributed by atoms with van der Waals surface area (Å²) >= 11 is 0. The summed E-state index contributed by atoms with van der Waals surface area (Å²) in [6.45, 7) is 6.95. The molecule has 0 aromatic carbocycles. The van der Waals surface area contributed by atoms with Crippen LogP contribution in [0, 0.1) is 5.92 Å². The second kappa shape index (κ2) is 4.85. The number of rotatable bonds is 4. The molecule has 0 saturated carbocycles. The highest BCUT2D eigenvalue weighted by molar-refractivity contribution is 4.70. The van der Waals surface area contributed by atoms with Crippen molar-refractivity contribution in [3.05, 3.63) is 12.7 Å². The van der Waals surface area contributed by atoms with Crippen molar-refractivity contribution >= 4 is 0 Å². The Bertz CT molecular complexity index is 59.4. The van der Waals surface area contributed by atoms with Crippen molar-refractivity contribution in [3.63, 3.8) is 0 Å². The molecular weight excluding hydrogens is 98.1 g/mol. The molecule has 0 aromatic heterocycles. The smallest absolute Gasteiger partial charge is 0.00232 e. The second-order valence-corrected chi connectivity index (χ2v) is 2.19. The molecule has 1 unspecified atom stereocenters. The van der Waals surface area contributed by atoms with Crippen LogP contribution in [-0.2, 0) is 0 Å². The van der Waals surface area contributed by atoms with E-state index >= 15 is 0 Å². The topological polar surface area (TPSA) is 12.0 Å². The molecule has 1 atom stereocenters. The predicted octanol–water partition coefficient (Wildman–Crippen LogP) is 1.42. The summed E-state index contributed by atoms with van der Waals surface area (Å²) in [5, 5.41) is 3.10. The van der Waals surface area contributed by atoms with E-state index in [4.69, 9.17) is 0 Å². The summed E-state index contributed by atoms with van der Waals surface area (Å²) in [7, 11) is 1.97. The van der Waals surface area contributed by atoms with E-state index in [1.165, 1.54) is 0 Å². The maximum absolute atomic E-state index is 3.66. The molecule has 0 aliphatic carbocycles. The fourth-order valence-corrected chi connectivity index (χ4v) is 0.716. The van der Waals surface area contributed by atoms with E-state index in [2.05, 4.69) is 18.8 Å². The van der Waals surface area contributed by atoms with Gasteiger partial charge in [0.2, 0.25) is 0 Å². The first-order valence-corrected chi connectivity index (χ1v) is 3.06. The van der Waals surface area contributed by atoms with Crippen LogP contribution in [-0.4, -0.2) is 13.6 Å². The molecule has 1 nitrogen and oxygen atoms in total. The monoisotopic (exact) mass is 113 g/mol. The molecule has 0 bridgehead atoms. The lowest BCUT2D eigenvalue weighted by Crippen LogP contribution is -2.15. The van der Waals surface area contributed by atoms with Crippen molar-refractivity contribution < 1.29 is 0 Å². The van der Waals surface area contributed by atoms with Crippen molar-refractivity contribution in [2.75, 3.05) is 13.6 Å². The highest BCUT2D eigenvalue weighted by Gasteiger charge is 1.93. The largest absolute Gasteiger partial charge is 0.319 e. The van der Waals surface area contributed by atoms with Crippen molar-refractivity contribution in [1.82, 2.24) is 5.32 Å². The van der Waals surface area contributed by atoms with Crippen LogP contribution in [0.1, 0.15) is 13.3 Å².